The molecule has 1 aromatic rings. The second-order valence-electron chi connectivity index (χ2n) is 4.40. The number of hydrogen-bond acceptors (Lipinski definition) is 3. The summed E-state index contributed by atoms with van der Waals surface area (Å²) in [6, 6.07) is 5.07. The zero-order chi connectivity index (χ0) is 11.4. The van der Waals surface area contributed by atoms with E-state index < -0.39 is 0 Å². The van der Waals surface area contributed by atoms with Gasteiger partial charge >= 0.3 is 0 Å². The van der Waals surface area contributed by atoms with Crippen LogP contribution in [0.3, 0.4) is 0 Å². The van der Waals surface area contributed by atoms with Gasteiger partial charge in [-0.05, 0) is 60.4 Å². The molecule has 1 aromatic heterocycles. The molecule has 0 saturated carbocycles. The molecule has 5 heteroatoms. The van der Waals surface area contributed by atoms with Crippen molar-refractivity contribution in [1.29, 1.82) is 0 Å². The number of hydrogen-bond donors (Lipinski definition) is 1. The van der Waals surface area contributed by atoms with Gasteiger partial charge in [0, 0.05) is 17.5 Å². The van der Waals surface area contributed by atoms with Crippen molar-refractivity contribution >= 4 is 39.7 Å². The van der Waals surface area contributed by atoms with Gasteiger partial charge in [0.15, 0.2) is 0 Å². The van der Waals surface area contributed by atoms with Gasteiger partial charge in [0.2, 0.25) is 0 Å². The molecule has 0 bridgehead atoms. The molecule has 98 valence electrons. The van der Waals surface area contributed by atoms with Crippen molar-refractivity contribution in [3.63, 3.8) is 0 Å². The largest absolute Gasteiger partial charge is 0.330 e. The van der Waals surface area contributed by atoms with Gasteiger partial charge in [-0.1, -0.05) is 6.42 Å². The summed E-state index contributed by atoms with van der Waals surface area (Å²) in [5.41, 5.74) is 5.69. The van der Waals surface area contributed by atoms with Gasteiger partial charge in [-0.15, -0.1) is 23.7 Å². The van der Waals surface area contributed by atoms with Crippen LogP contribution in [-0.4, -0.2) is 24.0 Å². The molecule has 2 nitrogen and oxygen atoms in total. The average Bonchev–Trinajstić information content (AvgIpc) is 2.67. The number of nitrogens with zero attached hydrogens (tertiary/aromatic N) is 1. The normalized spacial score (nSPS) is 21.2. The Hall–Kier alpha value is 0.390. The minimum absolute atomic E-state index is 0. The Morgan fingerprint density at radius 2 is 2.24 bits per heavy atom. The van der Waals surface area contributed by atoms with Crippen molar-refractivity contribution in [2.45, 2.75) is 38.3 Å². The quantitative estimate of drug-likeness (QED) is 0.907. The van der Waals surface area contributed by atoms with E-state index in [0.717, 1.165) is 19.5 Å². The summed E-state index contributed by atoms with van der Waals surface area (Å²) >= 11 is 5.37. The van der Waals surface area contributed by atoms with Crippen LogP contribution in [0.5, 0.6) is 0 Å². The van der Waals surface area contributed by atoms with Crippen molar-refractivity contribution in [3.8, 4) is 0 Å². The van der Waals surface area contributed by atoms with Gasteiger partial charge in [0.25, 0.3) is 0 Å². The molecule has 1 aliphatic heterocycles. The van der Waals surface area contributed by atoms with Gasteiger partial charge < -0.3 is 5.73 Å². The number of halogens is 2. The van der Waals surface area contributed by atoms with E-state index in [0.29, 0.717) is 6.04 Å². The SMILES string of the molecule is Cl.NCCC1CCCCN1Cc1ccc(Br)s1. The lowest BCUT2D eigenvalue weighted by molar-refractivity contribution is 0.135. The second-order valence-corrected chi connectivity index (χ2v) is 6.95. The first-order valence-electron chi connectivity index (χ1n) is 5.98. The Morgan fingerprint density at radius 1 is 1.41 bits per heavy atom. The highest BCUT2D eigenvalue weighted by molar-refractivity contribution is 9.11. The van der Waals surface area contributed by atoms with Crippen LogP contribution in [0.1, 0.15) is 30.6 Å². The standard InChI is InChI=1S/C12H19BrN2S.ClH/c13-12-5-4-11(16-12)9-15-8-2-1-3-10(15)6-7-14;/h4-5,10H,1-3,6-9,14H2;1H. The van der Waals surface area contributed by atoms with Crippen LogP contribution in [0.25, 0.3) is 0 Å². The molecule has 0 radical (unpaired) electrons. The van der Waals surface area contributed by atoms with E-state index in [1.807, 2.05) is 11.3 Å². The molecule has 1 saturated heterocycles. The van der Waals surface area contributed by atoms with E-state index in [9.17, 15) is 0 Å². The molecule has 2 heterocycles. The Labute approximate surface area is 122 Å². The molecule has 2 rings (SSSR count). The smallest absolute Gasteiger partial charge is 0.0701 e. The maximum Gasteiger partial charge on any atom is 0.0701 e. The summed E-state index contributed by atoms with van der Waals surface area (Å²) in [6.07, 6.45) is 5.18. The third-order valence-corrected chi connectivity index (χ3v) is 4.85. The van der Waals surface area contributed by atoms with E-state index in [1.54, 1.807) is 0 Å². The molecule has 0 amide bonds. The van der Waals surface area contributed by atoms with E-state index in [4.69, 9.17) is 5.73 Å². The Balaban J connectivity index is 0.00000144. The molecular weight excluding hydrogens is 320 g/mol. The van der Waals surface area contributed by atoms with Crippen molar-refractivity contribution in [2.24, 2.45) is 5.73 Å². The second kappa shape index (κ2) is 7.74. The van der Waals surface area contributed by atoms with E-state index >= 15 is 0 Å². The predicted octanol–water partition coefficient (Wildman–Crippen LogP) is 3.64. The summed E-state index contributed by atoms with van der Waals surface area (Å²) < 4.78 is 1.23. The highest BCUT2D eigenvalue weighted by atomic mass is 79.9. The zero-order valence-corrected chi connectivity index (χ0v) is 13.1. The van der Waals surface area contributed by atoms with Crippen LogP contribution in [0.15, 0.2) is 15.9 Å². The fraction of sp³-hybridized carbons (Fsp3) is 0.667. The molecular formula is C12H20BrClN2S. The van der Waals surface area contributed by atoms with Gasteiger partial charge in [-0.25, -0.2) is 0 Å². The molecule has 1 aliphatic rings. The third kappa shape index (κ3) is 4.52. The van der Waals surface area contributed by atoms with Crippen LogP contribution < -0.4 is 5.73 Å². The monoisotopic (exact) mass is 338 g/mol. The van der Waals surface area contributed by atoms with Gasteiger partial charge in [-0.3, -0.25) is 4.90 Å². The van der Waals surface area contributed by atoms with Crippen LogP contribution in [0.4, 0.5) is 0 Å². The number of piperidine rings is 1. The van der Waals surface area contributed by atoms with Crippen LogP contribution in [0, 0.1) is 0 Å². The predicted molar refractivity (Wildman–Crippen MR) is 81.0 cm³/mol. The number of rotatable bonds is 4. The zero-order valence-electron chi connectivity index (χ0n) is 9.90. The van der Waals surface area contributed by atoms with Crippen LogP contribution in [0.2, 0.25) is 0 Å². The number of nitrogens with two attached hydrogens (primary N) is 1. The van der Waals surface area contributed by atoms with Crippen LogP contribution >= 0.6 is 39.7 Å². The third-order valence-electron chi connectivity index (χ3n) is 3.24. The minimum Gasteiger partial charge on any atom is -0.330 e. The van der Waals surface area contributed by atoms with Gasteiger partial charge in [0.05, 0.1) is 3.79 Å². The summed E-state index contributed by atoms with van der Waals surface area (Å²) in [6.45, 7) is 3.15. The summed E-state index contributed by atoms with van der Waals surface area (Å²) in [5, 5.41) is 0. The Morgan fingerprint density at radius 3 is 2.88 bits per heavy atom. The van der Waals surface area contributed by atoms with Crippen molar-refractivity contribution in [1.82, 2.24) is 4.90 Å². The summed E-state index contributed by atoms with van der Waals surface area (Å²) in [7, 11) is 0. The summed E-state index contributed by atoms with van der Waals surface area (Å²) in [4.78, 5) is 4.06. The van der Waals surface area contributed by atoms with E-state index in [-0.39, 0.29) is 12.4 Å². The van der Waals surface area contributed by atoms with Gasteiger partial charge in [0.1, 0.15) is 0 Å². The van der Waals surface area contributed by atoms with Crippen molar-refractivity contribution in [2.75, 3.05) is 13.1 Å². The number of likely N-dealkylation sites (tertiary alicyclic amines) is 1. The molecule has 0 aromatic carbocycles. The molecule has 1 fully saturated rings. The maximum absolute atomic E-state index is 5.69. The molecule has 1 atom stereocenters. The van der Waals surface area contributed by atoms with Crippen molar-refractivity contribution < 1.29 is 0 Å². The molecule has 1 unspecified atom stereocenters. The molecule has 0 spiro atoms. The lowest BCUT2D eigenvalue weighted by atomic mass is 9.99. The number of thiophene rings is 1. The first kappa shape index (κ1) is 15.4. The average molecular weight is 340 g/mol. The topological polar surface area (TPSA) is 29.3 Å². The highest BCUT2D eigenvalue weighted by Crippen LogP contribution is 2.27. The fourth-order valence-electron chi connectivity index (χ4n) is 2.42. The van der Waals surface area contributed by atoms with Crippen LogP contribution in [-0.2, 0) is 6.54 Å². The van der Waals surface area contributed by atoms with E-state index in [2.05, 4.69) is 33.0 Å². The molecule has 0 aliphatic carbocycles. The Bertz CT molecular complexity index is 330. The summed E-state index contributed by atoms with van der Waals surface area (Å²) in [5.74, 6) is 0. The molecule has 17 heavy (non-hydrogen) atoms. The van der Waals surface area contributed by atoms with E-state index in [1.165, 1.54) is 34.5 Å². The minimum atomic E-state index is 0. The lowest BCUT2D eigenvalue weighted by Crippen LogP contribution is -2.39. The Kier molecular flexibility index (Phi) is 7.04. The fourth-order valence-corrected chi connectivity index (χ4v) is 3.93. The first-order chi connectivity index (χ1) is 7.79. The first-order valence-corrected chi connectivity index (χ1v) is 7.59. The van der Waals surface area contributed by atoms with Gasteiger partial charge in [-0.2, -0.15) is 0 Å². The lowest BCUT2D eigenvalue weighted by Gasteiger charge is -2.35. The highest BCUT2D eigenvalue weighted by Gasteiger charge is 2.21. The maximum atomic E-state index is 5.69. The van der Waals surface area contributed by atoms with Crippen molar-refractivity contribution in [3.05, 3.63) is 20.8 Å². The molecule has 2 N–H and O–H groups in total.